The normalized spacial score (nSPS) is 18.6. The number of nitrogens with one attached hydrogen (secondary N) is 1. The van der Waals surface area contributed by atoms with Gasteiger partial charge in [0.05, 0.1) is 31.6 Å². The fraction of sp³-hybridized carbons (Fsp3) is 0.304. The molecule has 3 heterocycles. The van der Waals surface area contributed by atoms with Gasteiger partial charge in [-0.15, -0.1) is 0 Å². The predicted molar refractivity (Wildman–Crippen MR) is 122 cm³/mol. The number of thiocarbonyl (C=S) groups is 1. The number of aromatic nitrogens is 2. The van der Waals surface area contributed by atoms with Crippen LogP contribution in [0.3, 0.4) is 0 Å². The number of nitrogens with zero attached hydrogens (tertiary/aromatic N) is 3. The Morgan fingerprint density at radius 1 is 1.07 bits per heavy atom. The molecule has 0 unspecified atom stereocenters. The molecule has 1 N–H and O–H groups in total. The number of hydrogen-bond donors (Lipinski definition) is 1. The molecule has 0 radical (unpaired) electrons. The Morgan fingerprint density at radius 3 is 2.57 bits per heavy atom. The SMILES string of the molecule is COc1ccc(N2C(=S)N[C@H](c3ccccn3)[C@H]2c2cccn2C(C)C)c(OC)c1. The molecule has 1 aliphatic rings. The maximum absolute atomic E-state index is 5.82. The minimum absolute atomic E-state index is 0.0907. The number of rotatable bonds is 6. The summed E-state index contributed by atoms with van der Waals surface area (Å²) in [6, 6.07) is 16.1. The molecule has 156 valence electrons. The molecule has 2 atom stereocenters. The molecule has 2 aromatic heterocycles. The van der Waals surface area contributed by atoms with Crippen LogP contribution in [0.4, 0.5) is 5.69 Å². The van der Waals surface area contributed by atoms with Gasteiger partial charge >= 0.3 is 0 Å². The van der Waals surface area contributed by atoms with Gasteiger partial charge in [0, 0.05) is 30.2 Å². The summed E-state index contributed by atoms with van der Waals surface area (Å²) in [5, 5.41) is 4.13. The van der Waals surface area contributed by atoms with Crippen molar-refractivity contribution in [2.24, 2.45) is 0 Å². The van der Waals surface area contributed by atoms with Gasteiger partial charge in [0.15, 0.2) is 5.11 Å². The lowest BCUT2D eigenvalue weighted by Gasteiger charge is -2.30. The van der Waals surface area contributed by atoms with Crippen LogP contribution in [0, 0.1) is 0 Å². The third-order valence-corrected chi connectivity index (χ3v) is 5.73. The summed E-state index contributed by atoms with van der Waals surface area (Å²) >= 11 is 5.82. The van der Waals surface area contributed by atoms with Gasteiger partial charge in [-0.2, -0.15) is 0 Å². The van der Waals surface area contributed by atoms with Crippen molar-refractivity contribution in [1.29, 1.82) is 0 Å². The van der Waals surface area contributed by atoms with Crippen molar-refractivity contribution in [3.63, 3.8) is 0 Å². The van der Waals surface area contributed by atoms with Crippen LogP contribution in [0.5, 0.6) is 11.5 Å². The van der Waals surface area contributed by atoms with Crippen LogP contribution >= 0.6 is 12.2 Å². The highest BCUT2D eigenvalue weighted by Crippen LogP contribution is 2.45. The first kappa shape index (κ1) is 20.2. The molecule has 1 saturated heterocycles. The van der Waals surface area contributed by atoms with Gasteiger partial charge in [0.25, 0.3) is 0 Å². The number of benzene rings is 1. The summed E-state index contributed by atoms with van der Waals surface area (Å²) in [6.07, 6.45) is 3.93. The third-order valence-electron chi connectivity index (χ3n) is 5.42. The number of anilines is 1. The van der Waals surface area contributed by atoms with E-state index in [0.717, 1.165) is 22.8 Å². The fourth-order valence-electron chi connectivity index (χ4n) is 4.03. The second-order valence-electron chi connectivity index (χ2n) is 7.47. The zero-order valence-corrected chi connectivity index (χ0v) is 18.4. The number of ether oxygens (including phenoxy) is 2. The van der Waals surface area contributed by atoms with Gasteiger partial charge < -0.3 is 24.3 Å². The second-order valence-corrected chi connectivity index (χ2v) is 7.86. The van der Waals surface area contributed by atoms with Crippen molar-refractivity contribution < 1.29 is 9.47 Å². The quantitative estimate of drug-likeness (QED) is 0.583. The van der Waals surface area contributed by atoms with E-state index in [2.05, 4.69) is 51.9 Å². The zero-order chi connectivity index (χ0) is 21.3. The van der Waals surface area contributed by atoms with E-state index in [1.165, 1.54) is 0 Å². The van der Waals surface area contributed by atoms with Gasteiger partial charge in [-0.1, -0.05) is 6.07 Å². The highest BCUT2D eigenvalue weighted by atomic mass is 32.1. The first-order chi connectivity index (χ1) is 14.5. The lowest BCUT2D eigenvalue weighted by Crippen LogP contribution is -2.31. The summed E-state index contributed by atoms with van der Waals surface area (Å²) < 4.78 is 13.4. The Balaban J connectivity index is 1.88. The molecule has 0 spiro atoms. The maximum atomic E-state index is 5.82. The molecule has 0 aliphatic carbocycles. The monoisotopic (exact) mass is 422 g/mol. The Labute approximate surface area is 182 Å². The summed E-state index contributed by atoms with van der Waals surface area (Å²) in [6.45, 7) is 4.36. The fourth-order valence-corrected chi connectivity index (χ4v) is 4.37. The van der Waals surface area contributed by atoms with Crippen molar-refractivity contribution in [1.82, 2.24) is 14.9 Å². The summed E-state index contributed by atoms with van der Waals surface area (Å²) in [4.78, 5) is 6.74. The highest BCUT2D eigenvalue weighted by molar-refractivity contribution is 7.80. The molecular weight excluding hydrogens is 396 g/mol. The van der Waals surface area contributed by atoms with E-state index in [0.29, 0.717) is 16.9 Å². The first-order valence-corrected chi connectivity index (χ1v) is 10.4. The predicted octanol–water partition coefficient (Wildman–Crippen LogP) is 4.66. The average molecular weight is 423 g/mol. The van der Waals surface area contributed by atoms with Crippen LogP contribution in [-0.2, 0) is 0 Å². The molecule has 1 fully saturated rings. The molecule has 0 bridgehead atoms. The Bertz CT molecular complexity index is 1030. The van der Waals surface area contributed by atoms with E-state index in [4.69, 9.17) is 21.7 Å². The zero-order valence-electron chi connectivity index (χ0n) is 17.6. The second kappa shape index (κ2) is 8.36. The molecule has 3 aromatic rings. The molecule has 30 heavy (non-hydrogen) atoms. The van der Waals surface area contributed by atoms with E-state index in [1.807, 2.05) is 42.6 Å². The van der Waals surface area contributed by atoms with E-state index in [9.17, 15) is 0 Å². The molecule has 1 aromatic carbocycles. The Kier molecular flexibility index (Phi) is 5.63. The van der Waals surface area contributed by atoms with Gasteiger partial charge in [0.2, 0.25) is 0 Å². The molecular formula is C23H26N4O2S. The molecule has 0 saturated carbocycles. The minimum Gasteiger partial charge on any atom is -0.497 e. The lowest BCUT2D eigenvalue weighted by molar-refractivity contribution is 0.394. The van der Waals surface area contributed by atoms with Gasteiger partial charge in [-0.05, 0) is 62.5 Å². The number of hydrogen-bond acceptors (Lipinski definition) is 4. The third kappa shape index (κ3) is 3.50. The molecule has 4 rings (SSSR count). The molecule has 0 amide bonds. The number of methoxy groups -OCH3 is 2. The maximum Gasteiger partial charge on any atom is 0.174 e. The van der Waals surface area contributed by atoms with Crippen molar-refractivity contribution in [3.8, 4) is 11.5 Å². The standard InChI is InChI=1S/C23H26N4O2S/c1-15(2)26-13-7-9-19(26)22-21(17-8-5-6-12-24-17)25-23(30)27(22)18-11-10-16(28-3)14-20(18)29-4/h5-15,21-22H,1-4H3,(H,25,30)/t21-,22-/m1/s1. The van der Waals surface area contributed by atoms with Crippen molar-refractivity contribution in [3.05, 3.63) is 72.3 Å². The Hall–Kier alpha value is -3.06. The molecule has 7 heteroatoms. The van der Waals surface area contributed by atoms with E-state index in [-0.39, 0.29) is 12.1 Å². The van der Waals surface area contributed by atoms with Gasteiger partial charge in [-0.3, -0.25) is 4.98 Å². The first-order valence-electron chi connectivity index (χ1n) is 9.94. The summed E-state index contributed by atoms with van der Waals surface area (Å²) in [5.41, 5.74) is 2.98. The highest BCUT2D eigenvalue weighted by Gasteiger charge is 2.43. The summed E-state index contributed by atoms with van der Waals surface area (Å²) in [5.74, 6) is 1.44. The molecule has 6 nitrogen and oxygen atoms in total. The lowest BCUT2D eigenvalue weighted by atomic mass is 10.0. The topological polar surface area (TPSA) is 51.5 Å². The number of pyridine rings is 1. The van der Waals surface area contributed by atoms with E-state index < -0.39 is 0 Å². The summed E-state index contributed by atoms with van der Waals surface area (Å²) in [7, 11) is 3.30. The van der Waals surface area contributed by atoms with Crippen LogP contribution in [0.25, 0.3) is 0 Å². The van der Waals surface area contributed by atoms with Crippen molar-refractivity contribution in [2.75, 3.05) is 19.1 Å². The van der Waals surface area contributed by atoms with Crippen LogP contribution in [0.2, 0.25) is 0 Å². The van der Waals surface area contributed by atoms with Gasteiger partial charge in [0.1, 0.15) is 17.5 Å². The van der Waals surface area contributed by atoms with Crippen LogP contribution < -0.4 is 19.7 Å². The minimum atomic E-state index is -0.0992. The largest absolute Gasteiger partial charge is 0.497 e. The average Bonchev–Trinajstić information content (AvgIpc) is 3.38. The van der Waals surface area contributed by atoms with Crippen LogP contribution in [0.1, 0.15) is 43.4 Å². The Morgan fingerprint density at radius 2 is 1.90 bits per heavy atom. The van der Waals surface area contributed by atoms with Crippen molar-refractivity contribution in [2.45, 2.75) is 32.0 Å². The van der Waals surface area contributed by atoms with Crippen molar-refractivity contribution >= 4 is 23.0 Å². The van der Waals surface area contributed by atoms with E-state index >= 15 is 0 Å². The van der Waals surface area contributed by atoms with Gasteiger partial charge in [-0.25, -0.2) is 0 Å². The van der Waals surface area contributed by atoms with Crippen LogP contribution in [-0.4, -0.2) is 28.9 Å². The smallest absolute Gasteiger partial charge is 0.174 e. The molecule has 1 aliphatic heterocycles. The van der Waals surface area contributed by atoms with Crippen LogP contribution in [0.15, 0.2) is 60.9 Å². The van der Waals surface area contributed by atoms with E-state index in [1.54, 1.807) is 14.2 Å².